The first-order valence-electron chi connectivity index (χ1n) is 10.1. The van der Waals surface area contributed by atoms with Gasteiger partial charge in [0.2, 0.25) is 11.8 Å². The van der Waals surface area contributed by atoms with Gasteiger partial charge in [-0.3, -0.25) is 9.59 Å². The lowest BCUT2D eigenvalue weighted by atomic mass is 9.93. The highest BCUT2D eigenvalue weighted by Gasteiger charge is 2.39. The molecule has 1 aromatic rings. The van der Waals surface area contributed by atoms with Gasteiger partial charge in [-0.05, 0) is 31.7 Å². The second-order valence-electron chi connectivity index (χ2n) is 7.89. The molecule has 0 aromatic heterocycles. The molecule has 0 spiro atoms. The number of benzene rings is 1. The Kier molecular flexibility index (Phi) is 6.83. The minimum Gasteiger partial charge on any atom is -0.496 e. The Balaban J connectivity index is 0.00000225. The van der Waals surface area contributed by atoms with Crippen molar-refractivity contribution in [1.82, 2.24) is 15.1 Å². The maximum atomic E-state index is 13.4. The molecule has 7 heteroatoms. The van der Waals surface area contributed by atoms with Gasteiger partial charge in [0, 0.05) is 44.2 Å². The Bertz CT molecular complexity index is 710. The number of piperidine rings is 1. The van der Waals surface area contributed by atoms with Crippen molar-refractivity contribution in [1.29, 1.82) is 0 Å². The number of rotatable bonds is 4. The van der Waals surface area contributed by atoms with Gasteiger partial charge in [-0.2, -0.15) is 0 Å². The fraction of sp³-hybridized carbons (Fsp3) is 0.619. The molecule has 4 rings (SSSR count). The van der Waals surface area contributed by atoms with Crippen molar-refractivity contribution in [2.45, 2.75) is 31.7 Å². The SMILES string of the molecule is COc1ccccc1C1CNCCN1C(=O)C1CCCN(C(=O)C2CC2)C1.Cl. The summed E-state index contributed by atoms with van der Waals surface area (Å²) in [6.45, 7) is 3.60. The average molecular weight is 408 g/mol. The fourth-order valence-corrected chi connectivity index (χ4v) is 4.39. The first-order chi connectivity index (χ1) is 13.2. The highest BCUT2D eigenvalue weighted by molar-refractivity contribution is 5.85. The van der Waals surface area contributed by atoms with Crippen LogP contribution in [0.4, 0.5) is 0 Å². The van der Waals surface area contributed by atoms with Gasteiger partial charge in [0.15, 0.2) is 0 Å². The molecule has 2 saturated heterocycles. The van der Waals surface area contributed by atoms with E-state index in [2.05, 4.69) is 5.32 Å². The molecule has 1 N–H and O–H groups in total. The van der Waals surface area contributed by atoms with Crippen molar-refractivity contribution in [2.24, 2.45) is 11.8 Å². The van der Waals surface area contributed by atoms with E-state index >= 15 is 0 Å². The van der Waals surface area contributed by atoms with Crippen LogP contribution in [0.15, 0.2) is 24.3 Å². The summed E-state index contributed by atoms with van der Waals surface area (Å²) in [6, 6.07) is 7.90. The molecule has 154 valence electrons. The third-order valence-electron chi connectivity index (χ3n) is 6.03. The summed E-state index contributed by atoms with van der Waals surface area (Å²) in [6.07, 6.45) is 3.82. The number of amides is 2. The van der Waals surface area contributed by atoms with Crippen molar-refractivity contribution in [2.75, 3.05) is 39.8 Å². The zero-order valence-corrected chi connectivity index (χ0v) is 17.2. The van der Waals surface area contributed by atoms with Gasteiger partial charge in [0.25, 0.3) is 0 Å². The van der Waals surface area contributed by atoms with Gasteiger partial charge in [-0.25, -0.2) is 0 Å². The lowest BCUT2D eigenvalue weighted by molar-refractivity contribution is -0.143. The van der Waals surface area contributed by atoms with Gasteiger partial charge >= 0.3 is 0 Å². The molecule has 2 aliphatic heterocycles. The smallest absolute Gasteiger partial charge is 0.228 e. The molecule has 3 aliphatic rings. The molecule has 1 aromatic carbocycles. The summed E-state index contributed by atoms with van der Waals surface area (Å²) in [4.78, 5) is 29.8. The third kappa shape index (κ3) is 4.28. The zero-order valence-electron chi connectivity index (χ0n) is 16.4. The normalized spacial score (nSPS) is 25.0. The molecule has 2 atom stereocenters. The van der Waals surface area contributed by atoms with E-state index in [-0.39, 0.29) is 42.1 Å². The van der Waals surface area contributed by atoms with Gasteiger partial charge in [-0.1, -0.05) is 18.2 Å². The van der Waals surface area contributed by atoms with Crippen LogP contribution in [0.1, 0.15) is 37.3 Å². The molecule has 0 bridgehead atoms. The number of nitrogens with one attached hydrogen (secondary N) is 1. The lowest BCUT2D eigenvalue weighted by Crippen LogP contribution is -2.53. The molecule has 0 radical (unpaired) electrons. The Morgan fingerprint density at radius 2 is 1.86 bits per heavy atom. The summed E-state index contributed by atoms with van der Waals surface area (Å²) >= 11 is 0. The number of ether oxygens (including phenoxy) is 1. The van der Waals surface area contributed by atoms with Crippen molar-refractivity contribution in [3.8, 4) is 5.75 Å². The number of hydrogen-bond donors (Lipinski definition) is 1. The number of carbonyl (C=O) groups is 2. The van der Waals surface area contributed by atoms with E-state index in [1.165, 1.54) is 0 Å². The number of halogens is 1. The quantitative estimate of drug-likeness (QED) is 0.831. The van der Waals surface area contributed by atoms with Crippen molar-refractivity contribution < 1.29 is 14.3 Å². The molecular formula is C21H30ClN3O3. The highest BCUT2D eigenvalue weighted by Crippen LogP contribution is 2.34. The topological polar surface area (TPSA) is 61.9 Å². The van der Waals surface area contributed by atoms with Gasteiger partial charge in [-0.15, -0.1) is 12.4 Å². The largest absolute Gasteiger partial charge is 0.496 e. The van der Waals surface area contributed by atoms with Crippen LogP contribution in [-0.2, 0) is 9.59 Å². The van der Waals surface area contributed by atoms with Crippen LogP contribution in [-0.4, -0.2) is 61.4 Å². The van der Waals surface area contributed by atoms with Crippen LogP contribution in [0, 0.1) is 11.8 Å². The van der Waals surface area contributed by atoms with E-state index in [1.54, 1.807) is 7.11 Å². The molecule has 2 unspecified atom stereocenters. The van der Waals surface area contributed by atoms with Gasteiger partial charge < -0.3 is 19.9 Å². The minimum atomic E-state index is -0.0863. The van der Waals surface area contributed by atoms with E-state index < -0.39 is 0 Å². The second kappa shape index (κ2) is 9.14. The van der Waals surface area contributed by atoms with Crippen molar-refractivity contribution >= 4 is 24.2 Å². The maximum absolute atomic E-state index is 13.4. The van der Waals surface area contributed by atoms with Crippen LogP contribution >= 0.6 is 12.4 Å². The third-order valence-corrected chi connectivity index (χ3v) is 6.03. The van der Waals surface area contributed by atoms with Gasteiger partial charge in [0.05, 0.1) is 19.1 Å². The number of piperazine rings is 1. The second-order valence-corrected chi connectivity index (χ2v) is 7.89. The maximum Gasteiger partial charge on any atom is 0.228 e. The first kappa shape index (κ1) is 20.9. The zero-order chi connectivity index (χ0) is 18.8. The van der Waals surface area contributed by atoms with Crippen LogP contribution in [0.25, 0.3) is 0 Å². The molecule has 3 fully saturated rings. The number of methoxy groups -OCH3 is 1. The van der Waals surface area contributed by atoms with Crippen LogP contribution in [0.5, 0.6) is 5.75 Å². The standard InChI is InChI=1S/C21H29N3O3.ClH/c1-27-19-7-3-2-6-17(19)18-13-22-10-12-24(18)21(26)16-5-4-11-23(14-16)20(25)15-8-9-15;/h2-3,6-7,15-16,18,22H,4-5,8-14H2,1H3;1H. The summed E-state index contributed by atoms with van der Waals surface area (Å²) in [5.41, 5.74) is 1.04. The predicted molar refractivity (Wildman–Crippen MR) is 110 cm³/mol. The van der Waals surface area contributed by atoms with Crippen LogP contribution in [0.3, 0.4) is 0 Å². The van der Waals surface area contributed by atoms with E-state index in [9.17, 15) is 9.59 Å². The summed E-state index contributed by atoms with van der Waals surface area (Å²) in [5, 5.41) is 3.41. The molecule has 2 amide bonds. The molecule has 2 heterocycles. The van der Waals surface area contributed by atoms with Crippen molar-refractivity contribution in [3.05, 3.63) is 29.8 Å². The van der Waals surface area contributed by atoms with Gasteiger partial charge in [0.1, 0.15) is 5.75 Å². The number of likely N-dealkylation sites (tertiary alicyclic amines) is 1. The van der Waals surface area contributed by atoms with E-state index in [0.717, 1.165) is 56.6 Å². The van der Waals surface area contributed by atoms with E-state index in [0.29, 0.717) is 13.1 Å². The first-order valence-corrected chi connectivity index (χ1v) is 10.1. The van der Waals surface area contributed by atoms with E-state index in [1.807, 2.05) is 34.1 Å². The average Bonchev–Trinajstić information content (AvgIpc) is 3.58. The van der Waals surface area contributed by atoms with E-state index in [4.69, 9.17) is 4.74 Å². The number of carbonyl (C=O) groups excluding carboxylic acids is 2. The Morgan fingerprint density at radius 1 is 1.07 bits per heavy atom. The Labute approximate surface area is 173 Å². The minimum absolute atomic E-state index is 0. The highest BCUT2D eigenvalue weighted by atomic mass is 35.5. The summed E-state index contributed by atoms with van der Waals surface area (Å²) in [7, 11) is 1.67. The molecule has 1 saturated carbocycles. The van der Waals surface area contributed by atoms with Crippen LogP contribution in [0.2, 0.25) is 0 Å². The monoisotopic (exact) mass is 407 g/mol. The summed E-state index contributed by atoms with van der Waals surface area (Å²) < 4.78 is 5.54. The Morgan fingerprint density at radius 3 is 2.61 bits per heavy atom. The number of para-hydroxylation sites is 1. The fourth-order valence-electron chi connectivity index (χ4n) is 4.39. The predicted octanol–water partition coefficient (Wildman–Crippen LogP) is 2.24. The molecule has 28 heavy (non-hydrogen) atoms. The lowest BCUT2D eigenvalue weighted by Gasteiger charge is -2.41. The molecular weight excluding hydrogens is 378 g/mol. The molecule has 6 nitrogen and oxygen atoms in total. The Hall–Kier alpha value is -1.79. The summed E-state index contributed by atoms with van der Waals surface area (Å²) in [5.74, 6) is 1.39. The molecule has 1 aliphatic carbocycles. The van der Waals surface area contributed by atoms with Crippen LogP contribution < -0.4 is 10.1 Å². The number of nitrogens with zero attached hydrogens (tertiary/aromatic N) is 2. The number of hydrogen-bond acceptors (Lipinski definition) is 4. The van der Waals surface area contributed by atoms with Crippen molar-refractivity contribution in [3.63, 3.8) is 0 Å².